The van der Waals surface area contributed by atoms with Crippen LogP contribution in [0.25, 0.3) is 0 Å². The van der Waals surface area contributed by atoms with Crippen molar-refractivity contribution in [2.75, 3.05) is 6.61 Å². The molecule has 6 heteroatoms. The normalized spacial score (nSPS) is 14.5. The van der Waals surface area contributed by atoms with Crippen molar-refractivity contribution < 1.29 is 60.2 Å². The minimum absolute atomic E-state index is 0. The van der Waals surface area contributed by atoms with Gasteiger partial charge in [-0.2, -0.15) is 6.08 Å². The van der Waals surface area contributed by atoms with Gasteiger partial charge in [0.15, 0.2) is 0 Å². The summed E-state index contributed by atoms with van der Waals surface area (Å²) in [6, 6.07) is 0. The van der Waals surface area contributed by atoms with Crippen LogP contribution in [0.1, 0.15) is 19.8 Å². The number of hydrogen-bond donors (Lipinski definition) is 0. The summed E-state index contributed by atoms with van der Waals surface area (Å²) in [4.78, 5) is 0. The summed E-state index contributed by atoms with van der Waals surface area (Å²) in [5.41, 5.74) is 0. The Morgan fingerprint density at radius 1 is 1.19 bits per heavy atom. The van der Waals surface area contributed by atoms with Crippen molar-refractivity contribution in [1.29, 1.82) is 0 Å². The van der Waals surface area contributed by atoms with Gasteiger partial charge in [0.2, 0.25) is 8.32 Å². The van der Waals surface area contributed by atoms with Crippen LogP contribution in [0.5, 0.6) is 0 Å². The van der Waals surface area contributed by atoms with Crippen molar-refractivity contribution in [2.24, 2.45) is 0 Å². The second kappa shape index (κ2) is 13.9. The van der Waals surface area contributed by atoms with E-state index in [1.807, 2.05) is 25.2 Å². The van der Waals surface area contributed by atoms with E-state index in [9.17, 15) is 0 Å². The van der Waals surface area contributed by atoms with Crippen LogP contribution >= 0.6 is 0 Å². The van der Waals surface area contributed by atoms with Gasteiger partial charge in [-0.05, 0) is 38.1 Å². The van der Waals surface area contributed by atoms with Gasteiger partial charge < -0.3 is 34.0 Å². The first kappa shape index (κ1) is 26.2. The summed E-state index contributed by atoms with van der Waals surface area (Å²) in [7, 11) is -1.50. The molecular weight excluding hydrogens is 402 g/mol. The van der Waals surface area contributed by atoms with Gasteiger partial charge in [0, 0.05) is 0 Å². The Hall–Kier alpha value is 0.240. The average Bonchev–Trinajstić information content (AvgIpc) is 2.91. The Morgan fingerprint density at radius 3 is 2.24 bits per heavy atom. The van der Waals surface area contributed by atoms with Gasteiger partial charge in [0.05, 0.1) is 6.61 Å². The zero-order valence-electron chi connectivity index (χ0n) is 13.0. The van der Waals surface area contributed by atoms with Crippen LogP contribution in [-0.4, -0.2) is 14.9 Å². The van der Waals surface area contributed by atoms with E-state index in [4.69, 9.17) is 9.16 Å². The molecule has 0 bridgehead atoms. The zero-order valence-corrected chi connectivity index (χ0v) is 18.0. The quantitative estimate of drug-likeness (QED) is 0.390. The van der Waals surface area contributed by atoms with Gasteiger partial charge in [0.25, 0.3) is 0 Å². The van der Waals surface area contributed by atoms with Gasteiger partial charge in [-0.15, -0.1) is 18.9 Å². The fourth-order valence-electron chi connectivity index (χ4n) is 1.44. The molecule has 0 heterocycles. The van der Waals surface area contributed by atoms with E-state index < -0.39 is 8.32 Å². The first-order valence-electron chi connectivity index (χ1n) is 6.38. The molecule has 0 aromatic carbocycles. The zero-order chi connectivity index (χ0) is 13.4. The SMILES string of the molecule is CCOC1=[C-]CC=C1O[Si](C)(C)C.[C-]1=CC=CC1.[Cl-].[Cl-].[Zr+4]. The maximum absolute atomic E-state index is 5.84. The maximum atomic E-state index is 5.84. The predicted octanol–water partition coefficient (Wildman–Crippen LogP) is -1.84. The van der Waals surface area contributed by atoms with Crippen LogP contribution in [-0.2, 0) is 35.4 Å². The minimum atomic E-state index is -1.50. The molecule has 2 aliphatic rings. The fraction of sp³-hybridized carbons (Fsp3) is 0.467. The summed E-state index contributed by atoms with van der Waals surface area (Å²) in [5, 5.41) is 0. The number of ether oxygens (including phenoxy) is 1. The van der Waals surface area contributed by atoms with Crippen molar-refractivity contribution >= 4 is 8.32 Å². The third kappa shape index (κ3) is 12.5. The molecule has 0 radical (unpaired) electrons. The molecule has 0 aromatic heterocycles. The van der Waals surface area contributed by atoms with E-state index in [1.165, 1.54) is 0 Å². The van der Waals surface area contributed by atoms with Crippen molar-refractivity contribution in [3.63, 3.8) is 0 Å². The van der Waals surface area contributed by atoms with Gasteiger partial charge in [-0.25, -0.2) is 18.2 Å². The molecular formula is C15H22Cl2O2SiZr. The molecule has 0 aromatic rings. The van der Waals surface area contributed by atoms with Crippen molar-refractivity contribution in [2.45, 2.75) is 39.4 Å². The standard InChI is InChI=1S/C10H17O2Si.C5H5.2ClH.Zr/c1-5-11-9-7-6-8-10(9)12-13(2,3)4;1-2-4-5-3-1;;;/h8H,5-6H2,1-4H3;1-3H,4H2;2*1H;/q2*-1;;;+4/p-2. The topological polar surface area (TPSA) is 18.5 Å². The Bertz CT molecular complexity index is 376. The third-order valence-electron chi connectivity index (χ3n) is 2.06. The largest absolute Gasteiger partial charge is 4.00 e. The molecule has 116 valence electrons. The summed E-state index contributed by atoms with van der Waals surface area (Å²) >= 11 is 0. The Kier molecular flexibility index (Phi) is 17.3. The summed E-state index contributed by atoms with van der Waals surface area (Å²) in [5.74, 6) is 1.69. The summed E-state index contributed by atoms with van der Waals surface area (Å²) < 4.78 is 11.2. The first-order valence-corrected chi connectivity index (χ1v) is 9.78. The number of hydrogen-bond acceptors (Lipinski definition) is 2. The van der Waals surface area contributed by atoms with Crippen LogP contribution in [0, 0.1) is 12.2 Å². The van der Waals surface area contributed by atoms with Gasteiger partial charge in [-0.1, -0.05) is 0 Å². The molecule has 0 saturated heterocycles. The Labute approximate surface area is 161 Å². The summed E-state index contributed by atoms with van der Waals surface area (Å²) in [6.07, 6.45) is 16.0. The van der Waals surface area contributed by atoms with E-state index in [2.05, 4.69) is 37.9 Å². The second-order valence-corrected chi connectivity index (χ2v) is 9.36. The summed E-state index contributed by atoms with van der Waals surface area (Å²) in [6.45, 7) is 9.13. The molecule has 0 atom stereocenters. The van der Waals surface area contributed by atoms with Crippen molar-refractivity contribution in [1.82, 2.24) is 0 Å². The minimum Gasteiger partial charge on any atom is -1.00 e. The van der Waals surface area contributed by atoms with E-state index >= 15 is 0 Å². The molecule has 0 aliphatic heterocycles. The van der Waals surface area contributed by atoms with Crippen LogP contribution in [0.3, 0.4) is 0 Å². The van der Waals surface area contributed by atoms with E-state index in [1.54, 1.807) is 0 Å². The fourth-order valence-corrected chi connectivity index (χ4v) is 2.28. The molecule has 21 heavy (non-hydrogen) atoms. The molecule has 0 amide bonds. The Morgan fingerprint density at radius 2 is 1.86 bits per heavy atom. The van der Waals surface area contributed by atoms with Crippen LogP contribution in [0.4, 0.5) is 0 Å². The average molecular weight is 425 g/mol. The van der Waals surface area contributed by atoms with Crippen LogP contribution < -0.4 is 24.8 Å². The van der Waals surface area contributed by atoms with Gasteiger partial charge >= 0.3 is 26.2 Å². The van der Waals surface area contributed by atoms with Crippen LogP contribution in [0.2, 0.25) is 19.6 Å². The smallest absolute Gasteiger partial charge is 1.00 e. The van der Waals surface area contributed by atoms with E-state index in [0.717, 1.165) is 24.4 Å². The molecule has 0 spiro atoms. The predicted molar refractivity (Wildman–Crippen MR) is 77.1 cm³/mol. The van der Waals surface area contributed by atoms with Gasteiger partial charge in [-0.3, -0.25) is 6.08 Å². The molecule has 2 nitrogen and oxygen atoms in total. The molecule has 0 saturated carbocycles. The molecule has 0 unspecified atom stereocenters. The molecule has 2 rings (SSSR count). The van der Waals surface area contributed by atoms with Crippen molar-refractivity contribution in [3.8, 4) is 0 Å². The van der Waals surface area contributed by atoms with E-state index in [-0.39, 0.29) is 51.0 Å². The Balaban J connectivity index is -0.000000349. The van der Waals surface area contributed by atoms with Crippen LogP contribution in [0.15, 0.2) is 35.8 Å². The number of rotatable bonds is 4. The monoisotopic (exact) mass is 422 g/mol. The number of halogens is 2. The van der Waals surface area contributed by atoms with Gasteiger partial charge in [0.1, 0.15) is 0 Å². The maximum Gasteiger partial charge on any atom is 4.00 e. The molecule has 2 aliphatic carbocycles. The molecule has 0 fully saturated rings. The first-order chi connectivity index (χ1) is 8.53. The van der Waals surface area contributed by atoms with Crippen molar-refractivity contribution in [3.05, 3.63) is 48.0 Å². The van der Waals surface area contributed by atoms with E-state index in [0.29, 0.717) is 6.61 Å². The molecule has 0 N–H and O–H groups in total. The second-order valence-electron chi connectivity index (χ2n) is 4.93. The number of allylic oxidation sites excluding steroid dienone is 6. The third-order valence-corrected chi connectivity index (χ3v) is 2.90.